The molecular formula is C26H26ClFN2O4. The molecule has 178 valence electrons. The van der Waals surface area contributed by atoms with Gasteiger partial charge in [0, 0.05) is 28.8 Å². The summed E-state index contributed by atoms with van der Waals surface area (Å²) in [6.45, 7) is 0.596. The third-order valence-electron chi connectivity index (χ3n) is 6.25. The van der Waals surface area contributed by atoms with Gasteiger partial charge in [-0.15, -0.1) is 0 Å². The number of benzene rings is 2. The van der Waals surface area contributed by atoms with E-state index in [9.17, 15) is 14.0 Å². The van der Waals surface area contributed by atoms with Gasteiger partial charge in [-0.25, -0.2) is 13.9 Å². The van der Waals surface area contributed by atoms with Gasteiger partial charge >= 0.3 is 5.97 Å². The highest BCUT2D eigenvalue weighted by Gasteiger charge is 2.24. The molecule has 1 heterocycles. The Balaban J connectivity index is 1.57. The van der Waals surface area contributed by atoms with Crippen molar-refractivity contribution >= 4 is 17.6 Å². The number of nitrogens with zero attached hydrogens (tertiary/aromatic N) is 2. The number of carbonyl (C=O) groups is 1. The van der Waals surface area contributed by atoms with Crippen LogP contribution in [0.2, 0.25) is 5.02 Å². The van der Waals surface area contributed by atoms with Crippen LogP contribution >= 0.6 is 11.6 Å². The van der Waals surface area contributed by atoms with E-state index in [4.69, 9.17) is 21.4 Å². The molecule has 8 heteroatoms. The van der Waals surface area contributed by atoms with Gasteiger partial charge in [-0.1, -0.05) is 41.9 Å². The number of carboxylic acid groups (broad SMARTS) is 1. The molecular weight excluding hydrogens is 459 g/mol. The largest absolute Gasteiger partial charge is 0.480 e. The van der Waals surface area contributed by atoms with Crippen LogP contribution in [0.1, 0.15) is 25.7 Å². The minimum Gasteiger partial charge on any atom is -0.480 e. The minimum absolute atomic E-state index is 0.233. The van der Waals surface area contributed by atoms with Crippen molar-refractivity contribution in [2.24, 2.45) is 11.8 Å². The second-order valence-corrected chi connectivity index (χ2v) is 9.15. The first-order chi connectivity index (χ1) is 16.4. The quantitative estimate of drug-likeness (QED) is 0.470. The average Bonchev–Trinajstić information content (AvgIpc) is 2.82. The fourth-order valence-electron chi connectivity index (χ4n) is 4.48. The maximum atomic E-state index is 14.9. The maximum Gasteiger partial charge on any atom is 0.329 e. The summed E-state index contributed by atoms with van der Waals surface area (Å²) in [7, 11) is 0. The molecule has 0 atom stereocenters. The molecule has 34 heavy (non-hydrogen) atoms. The van der Waals surface area contributed by atoms with Crippen molar-refractivity contribution < 1.29 is 19.0 Å². The molecule has 0 unspecified atom stereocenters. The lowest BCUT2D eigenvalue weighted by molar-refractivity contribution is -0.142. The van der Waals surface area contributed by atoms with Gasteiger partial charge in [0.15, 0.2) is 0 Å². The fraction of sp³-hybridized carbons (Fsp3) is 0.346. The molecule has 4 rings (SSSR count). The van der Waals surface area contributed by atoms with E-state index >= 15 is 0 Å². The maximum absolute atomic E-state index is 14.9. The highest BCUT2D eigenvalue weighted by Crippen LogP contribution is 2.33. The van der Waals surface area contributed by atoms with E-state index in [1.165, 1.54) is 16.8 Å². The Bertz CT molecular complexity index is 1210. The second-order valence-electron chi connectivity index (χ2n) is 8.71. The number of rotatable bonds is 8. The van der Waals surface area contributed by atoms with Crippen LogP contribution in [-0.4, -0.2) is 34.1 Å². The van der Waals surface area contributed by atoms with Crippen molar-refractivity contribution in [2.75, 3.05) is 13.2 Å². The van der Waals surface area contributed by atoms with Crippen LogP contribution in [0.15, 0.2) is 59.4 Å². The van der Waals surface area contributed by atoms with Crippen LogP contribution in [0.5, 0.6) is 0 Å². The van der Waals surface area contributed by atoms with Crippen LogP contribution in [-0.2, 0) is 16.1 Å². The predicted molar refractivity (Wildman–Crippen MR) is 128 cm³/mol. The number of hydrogen-bond acceptors (Lipinski definition) is 4. The first-order valence-corrected chi connectivity index (χ1v) is 11.7. The second kappa shape index (κ2) is 10.9. The molecule has 0 bridgehead atoms. The Morgan fingerprint density at radius 2 is 1.76 bits per heavy atom. The van der Waals surface area contributed by atoms with Crippen molar-refractivity contribution in [3.63, 3.8) is 0 Å². The standard InChI is InChI=1S/C26H26ClFN2O4/c27-20-10-11-21(23(28)12-20)26-22(19-4-2-1-3-5-19)13-24(31)30(29-26)14-17-6-8-18(9-7-17)15-34-16-25(32)33/h1-5,10-13,17-18H,6-9,14-16H2,(H,32,33). The van der Waals surface area contributed by atoms with Crippen molar-refractivity contribution in [1.82, 2.24) is 9.78 Å². The number of hydrogen-bond donors (Lipinski definition) is 1. The van der Waals surface area contributed by atoms with Gasteiger partial charge in [0.1, 0.15) is 18.1 Å². The molecule has 0 radical (unpaired) electrons. The molecule has 1 aromatic heterocycles. The molecule has 0 saturated heterocycles. The molecule has 0 spiro atoms. The predicted octanol–water partition coefficient (Wildman–Crippen LogP) is 5.28. The summed E-state index contributed by atoms with van der Waals surface area (Å²) in [5.74, 6) is -0.888. The highest BCUT2D eigenvalue weighted by molar-refractivity contribution is 6.30. The number of ether oxygens (including phenoxy) is 1. The van der Waals surface area contributed by atoms with E-state index in [0.717, 1.165) is 31.2 Å². The summed E-state index contributed by atoms with van der Waals surface area (Å²) in [5, 5.41) is 13.6. The number of aliphatic carboxylic acids is 1. The minimum atomic E-state index is -0.967. The Labute approximate surface area is 202 Å². The van der Waals surface area contributed by atoms with Crippen molar-refractivity contribution in [1.29, 1.82) is 0 Å². The van der Waals surface area contributed by atoms with Gasteiger partial charge < -0.3 is 9.84 Å². The monoisotopic (exact) mass is 484 g/mol. The Kier molecular flexibility index (Phi) is 7.75. The van der Waals surface area contributed by atoms with E-state index < -0.39 is 11.8 Å². The van der Waals surface area contributed by atoms with Crippen LogP contribution in [0.3, 0.4) is 0 Å². The van der Waals surface area contributed by atoms with Crippen molar-refractivity contribution in [3.8, 4) is 22.4 Å². The van der Waals surface area contributed by atoms with E-state index in [-0.39, 0.29) is 23.6 Å². The Morgan fingerprint density at radius 1 is 1.06 bits per heavy atom. The molecule has 6 nitrogen and oxygen atoms in total. The lowest BCUT2D eigenvalue weighted by Crippen LogP contribution is -2.29. The van der Waals surface area contributed by atoms with Crippen LogP contribution in [0.25, 0.3) is 22.4 Å². The Morgan fingerprint density at radius 3 is 2.44 bits per heavy atom. The molecule has 1 saturated carbocycles. The first-order valence-electron chi connectivity index (χ1n) is 11.3. The summed E-state index contributed by atoms with van der Waals surface area (Å²) in [4.78, 5) is 23.6. The van der Waals surface area contributed by atoms with Crippen molar-refractivity contribution in [2.45, 2.75) is 32.2 Å². The third kappa shape index (κ3) is 5.90. The summed E-state index contributed by atoms with van der Waals surface area (Å²) < 4.78 is 21.5. The molecule has 1 fully saturated rings. The molecule has 2 aromatic carbocycles. The van der Waals surface area contributed by atoms with Gasteiger partial charge in [-0.05, 0) is 61.3 Å². The third-order valence-corrected chi connectivity index (χ3v) is 6.48. The molecule has 0 amide bonds. The summed E-state index contributed by atoms with van der Waals surface area (Å²) in [5.41, 5.74) is 1.81. The Hall–Kier alpha value is -3.03. The normalized spacial score (nSPS) is 18.1. The van der Waals surface area contributed by atoms with Gasteiger partial charge in [0.05, 0.1) is 6.61 Å². The number of aromatic nitrogens is 2. The summed E-state index contributed by atoms with van der Waals surface area (Å²) in [6.07, 6.45) is 3.58. The lowest BCUT2D eigenvalue weighted by atomic mass is 9.82. The van der Waals surface area contributed by atoms with Crippen LogP contribution in [0.4, 0.5) is 4.39 Å². The zero-order valence-electron chi connectivity index (χ0n) is 18.6. The topological polar surface area (TPSA) is 81.4 Å². The summed E-state index contributed by atoms with van der Waals surface area (Å²) in [6, 6.07) is 15.3. The molecule has 1 N–H and O–H groups in total. The van der Waals surface area contributed by atoms with E-state index in [0.29, 0.717) is 35.3 Å². The van der Waals surface area contributed by atoms with Gasteiger partial charge in [0.25, 0.3) is 5.56 Å². The van der Waals surface area contributed by atoms with E-state index in [1.54, 1.807) is 12.1 Å². The van der Waals surface area contributed by atoms with E-state index in [1.807, 2.05) is 30.3 Å². The number of halogens is 2. The number of carboxylic acids is 1. The molecule has 1 aliphatic carbocycles. The SMILES string of the molecule is O=C(O)COCC1CCC(Cn2nc(-c3ccc(Cl)cc3F)c(-c3ccccc3)cc2=O)CC1. The zero-order valence-corrected chi connectivity index (χ0v) is 19.4. The van der Waals surface area contributed by atoms with Crippen LogP contribution in [0, 0.1) is 17.7 Å². The highest BCUT2D eigenvalue weighted by atomic mass is 35.5. The average molecular weight is 485 g/mol. The van der Waals surface area contributed by atoms with Gasteiger partial charge in [-0.3, -0.25) is 4.79 Å². The van der Waals surface area contributed by atoms with Crippen molar-refractivity contribution in [3.05, 3.63) is 75.8 Å². The smallest absolute Gasteiger partial charge is 0.329 e. The van der Waals surface area contributed by atoms with Gasteiger partial charge in [-0.2, -0.15) is 5.10 Å². The molecule has 3 aromatic rings. The van der Waals surface area contributed by atoms with Crippen LogP contribution < -0.4 is 5.56 Å². The van der Waals surface area contributed by atoms with E-state index in [2.05, 4.69) is 5.10 Å². The molecule has 0 aliphatic heterocycles. The fourth-order valence-corrected chi connectivity index (χ4v) is 4.64. The zero-order chi connectivity index (χ0) is 24.1. The summed E-state index contributed by atoms with van der Waals surface area (Å²) >= 11 is 5.95. The first kappa shape index (κ1) is 24.1. The molecule has 1 aliphatic rings. The lowest BCUT2D eigenvalue weighted by Gasteiger charge is -2.28. The van der Waals surface area contributed by atoms with Gasteiger partial charge in [0.2, 0.25) is 0 Å².